The Bertz CT molecular complexity index is 1600. The number of rotatable bonds is 8. The molecule has 2 N–H and O–H groups in total. The molecule has 2 aliphatic rings. The molecule has 4 heterocycles. The minimum absolute atomic E-state index is 0.0314. The Kier molecular flexibility index (Phi) is 7.28. The van der Waals surface area contributed by atoms with Crippen molar-refractivity contribution in [3.63, 3.8) is 0 Å². The van der Waals surface area contributed by atoms with Gasteiger partial charge in [0, 0.05) is 29.5 Å². The summed E-state index contributed by atoms with van der Waals surface area (Å²) in [6.07, 6.45) is 5.45. The first-order valence-corrected chi connectivity index (χ1v) is 14.5. The van der Waals surface area contributed by atoms with E-state index in [4.69, 9.17) is 41.5 Å². The van der Waals surface area contributed by atoms with Crippen molar-refractivity contribution in [1.29, 1.82) is 0 Å². The Labute approximate surface area is 240 Å². The largest absolute Gasteiger partial charge is 0.475 e. The highest BCUT2D eigenvalue weighted by Gasteiger charge is 2.34. The van der Waals surface area contributed by atoms with Gasteiger partial charge in [-0.3, -0.25) is 0 Å². The lowest BCUT2D eigenvalue weighted by molar-refractivity contribution is 0.0511. The number of benzene rings is 1. The zero-order chi connectivity index (χ0) is 28.0. The average molecular weight is 583 g/mol. The topological polar surface area (TPSA) is 109 Å². The van der Waals surface area contributed by atoms with Gasteiger partial charge < -0.3 is 24.8 Å². The Morgan fingerprint density at radius 2 is 2.10 bits per heavy atom. The van der Waals surface area contributed by atoms with Crippen LogP contribution in [0.3, 0.4) is 0 Å². The van der Waals surface area contributed by atoms with Crippen LogP contribution in [-0.2, 0) is 4.74 Å². The van der Waals surface area contributed by atoms with Crippen LogP contribution < -0.4 is 20.1 Å². The number of nitrogens with two attached hydrogens (primary N) is 1. The van der Waals surface area contributed by atoms with Crippen molar-refractivity contribution in [3.8, 4) is 22.9 Å². The third-order valence-electron chi connectivity index (χ3n) is 7.21. The van der Waals surface area contributed by atoms with Crippen molar-refractivity contribution in [2.45, 2.75) is 36.9 Å². The number of pyridine rings is 2. The van der Waals surface area contributed by atoms with Crippen molar-refractivity contribution in [2.24, 2.45) is 0 Å². The van der Waals surface area contributed by atoms with Gasteiger partial charge in [-0.25, -0.2) is 24.3 Å². The summed E-state index contributed by atoms with van der Waals surface area (Å²) < 4.78 is 33.5. The zero-order valence-corrected chi connectivity index (χ0v) is 23.9. The van der Waals surface area contributed by atoms with Crippen LogP contribution in [0.25, 0.3) is 22.2 Å². The summed E-state index contributed by atoms with van der Waals surface area (Å²) in [6, 6.07) is 7.05. The summed E-state index contributed by atoms with van der Waals surface area (Å²) in [6.45, 7) is 2.82. The Morgan fingerprint density at radius 3 is 2.83 bits per heavy atom. The first-order chi connectivity index (χ1) is 19.4. The highest BCUT2D eigenvalue weighted by atomic mass is 35.5. The lowest BCUT2D eigenvalue weighted by Gasteiger charge is -2.30. The van der Waals surface area contributed by atoms with Gasteiger partial charge in [0.2, 0.25) is 5.88 Å². The molecule has 0 saturated heterocycles. The maximum absolute atomic E-state index is 16.6. The van der Waals surface area contributed by atoms with E-state index in [1.54, 1.807) is 18.3 Å². The number of hydrogen-bond acceptors (Lipinski definition) is 10. The molecule has 1 unspecified atom stereocenters. The summed E-state index contributed by atoms with van der Waals surface area (Å²) in [5, 5.41) is 1.35. The molecule has 1 aliphatic carbocycles. The lowest BCUT2D eigenvalue weighted by Crippen LogP contribution is -2.31. The summed E-state index contributed by atoms with van der Waals surface area (Å²) in [5.41, 5.74) is 8.71. The monoisotopic (exact) mass is 582 g/mol. The number of hydrogen-bond donors (Lipinski definition) is 1. The number of nitrogen functional groups attached to an aromatic ring is 1. The van der Waals surface area contributed by atoms with Crippen molar-refractivity contribution in [1.82, 2.24) is 19.9 Å². The molecule has 1 fully saturated rings. The first kappa shape index (κ1) is 26.8. The maximum Gasteiger partial charge on any atom is 0.227 e. The summed E-state index contributed by atoms with van der Waals surface area (Å²) in [4.78, 5) is 20.4. The molecule has 1 atom stereocenters. The van der Waals surface area contributed by atoms with Crippen LogP contribution in [-0.4, -0.2) is 53.2 Å². The van der Waals surface area contributed by atoms with Crippen LogP contribution in [0.15, 0.2) is 35.6 Å². The predicted molar refractivity (Wildman–Crippen MR) is 154 cm³/mol. The third kappa shape index (κ3) is 4.76. The molecule has 208 valence electrons. The smallest absolute Gasteiger partial charge is 0.227 e. The van der Waals surface area contributed by atoms with Crippen molar-refractivity contribution < 1.29 is 18.6 Å². The minimum Gasteiger partial charge on any atom is -0.475 e. The van der Waals surface area contributed by atoms with Gasteiger partial charge in [0.1, 0.15) is 40.6 Å². The molecular weight excluding hydrogens is 555 g/mol. The van der Waals surface area contributed by atoms with E-state index in [-0.39, 0.29) is 35.8 Å². The predicted octanol–water partition coefficient (Wildman–Crippen LogP) is 6.00. The second-order valence-electron chi connectivity index (χ2n) is 9.72. The quantitative estimate of drug-likeness (QED) is 0.151. The molecule has 0 spiro atoms. The van der Waals surface area contributed by atoms with E-state index in [9.17, 15) is 0 Å². The molecule has 4 aromatic rings. The molecule has 12 heteroatoms. The van der Waals surface area contributed by atoms with E-state index in [0.29, 0.717) is 51.7 Å². The van der Waals surface area contributed by atoms with Crippen LogP contribution in [0, 0.1) is 5.82 Å². The van der Waals surface area contributed by atoms with Gasteiger partial charge >= 0.3 is 0 Å². The van der Waals surface area contributed by atoms with Crippen LogP contribution in [0.4, 0.5) is 16.0 Å². The molecular formula is C28H28ClFN6O3S. The second-order valence-corrected chi connectivity index (χ2v) is 10.9. The highest BCUT2D eigenvalue weighted by Crippen LogP contribution is 2.50. The molecule has 0 bridgehead atoms. The van der Waals surface area contributed by atoms with E-state index in [1.165, 1.54) is 18.9 Å². The standard InChI is InChI=1S/C28H28ClFN6O3S/c1-14(17-5-4-8-32-25(17)31)36-9-10-38-27-21-24(34-28(40-3)35-26(21)36)22(30)23(33-27)18-11-16(39-13-37-2)12-19(29)20(18)15-6-7-15/h4-5,8,11-12,14-15H,6-7,9-10,13H2,1-3H3,(H2,31,32). The SMILES string of the molecule is COCOc1cc(Cl)c(C2CC2)c(-c2nc3c4c(nc(SC)nc4c2F)N(C(C)c2cccnc2N)CCO3)c1. The summed E-state index contributed by atoms with van der Waals surface area (Å²) >= 11 is 8.06. The normalized spacial score (nSPS) is 15.6. The lowest BCUT2D eigenvalue weighted by atomic mass is 9.98. The first-order valence-electron chi connectivity index (χ1n) is 12.9. The van der Waals surface area contributed by atoms with E-state index >= 15 is 4.39 Å². The van der Waals surface area contributed by atoms with Gasteiger partial charge in [-0.1, -0.05) is 29.4 Å². The fraction of sp³-hybridized carbons (Fsp3) is 0.357. The van der Waals surface area contributed by atoms with Crippen molar-refractivity contribution >= 4 is 45.9 Å². The van der Waals surface area contributed by atoms with Crippen LogP contribution in [0.2, 0.25) is 5.02 Å². The molecule has 1 aliphatic heterocycles. The van der Waals surface area contributed by atoms with Gasteiger partial charge in [-0.15, -0.1) is 0 Å². The zero-order valence-electron chi connectivity index (χ0n) is 22.3. The number of aromatic nitrogens is 4. The summed E-state index contributed by atoms with van der Waals surface area (Å²) in [7, 11) is 1.53. The number of methoxy groups -OCH3 is 1. The molecule has 6 rings (SSSR count). The van der Waals surface area contributed by atoms with Crippen LogP contribution >= 0.6 is 23.4 Å². The van der Waals surface area contributed by atoms with Gasteiger partial charge in [0.15, 0.2) is 17.8 Å². The second kappa shape index (κ2) is 10.9. The van der Waals surface area contributed by atoms with Crippen molar-refractivity contribution in [3.05, 3.63) is 52.4 Å². The molecule has 40 heavy (non-hydrogen) atoms. The van der Waals surface area contributed by atoms with Gasteiger partial charge in [0.05, 0.1) is 12.6 Å². The van der Waals surface area contributed by atoms with Crippen LogP contribution in [0.1, 0.15) is 42.9 Å². The van der Waals surface area contributed by atoms with Crippen LogP contribution in [0.5, 0.6) is 11.6 Å². The maximum atomic E-state index is 16.6. The number of thioether (sulfide) groups is 1. The summed E-state index contributed by atoms with van der Waals surface area (Å²) in [5.74, 6) is 1.34. The van der Waals surface area contributed by atoms with Gasteiger partial charge in [-0.2, -0.15) is 0 Å². The van der Waals surface area contributed by atoms with E-state index < -0.39 is 5.82 Å². The number of anilines is 2. The van der Waals surface area contributed by atoms with Crippen molar-refractivity contribution in [2.75, 3.05) is 43.9 Å². The molecule has 0 amide bonds. The molecule has 1 saturated carbocycles. The molecule has 0 radical (unpaired) electrons. The average Bonchev–Trinajstić information content (AvgIpc) is 3.81. The fourth-order valence-corrected chi connectivity index (χ4v) is 5.87. The Hall–Kier alpha value is -3.41. The molecule has 9 nitrogen and oxygen atoms in total. The Morgan fingerprint density at radius 1 is 1.27 bits per heavy atom. The van der Waals surface area contributed by atoms with Gasteiger partial charge in [0.25, 0.3) is 0 Å². The van der Waals surface area contributed by atoms with E-state index in [1.807, 2.05) is 30.2 Å². The highest BCUT2D eigenvalue weighted by molar-refractivity contribution is 7.98. The van der Waals surface area contributed by atoms with E-state index in [2.05, 4.69) is 9.97 Å². The van der Waals surface area contributed by atoms with E-state index in [0.717, 1.165) is 24.0 Å². The molecule has 3 aromatic heterocycles. The number of halogens is 2. The number of ether oxygens (including phenoxy) is 3. The number of nitrogens with zero attached hydrogens (tertiary/aromatic N) is 5. The minimum atomic E-state index is -0.571. The molecule has 1 aromatic carbocycles. The third-order valence-corrected chi connectivity index (χ3v) is 8.07. The fourth-order valence-electron chi connectivity index (χ4n) is 5.15. The van der Waals surface area contributed by atoms with Gasteiger partial charge in [-0.05, 0) is 55.7 Å². The Balaban J connectivity index is 1.57.